The number of aromatic nitrogens is 5. The van der Waals surface area contributed by atoms with Crippen LogP contribution in [0.4, 0.5) is 5.82 Å². The van der Waals surface area contributed by atoms with E-state index in [-0.39, 0.29) is 0 Å². The van der Waals surface area contributed by atoms with Crippen LogP contribution in [0.3, 0.4) is 0 Å². The number of likely N-dealkylation sites (N-methyl/N-ethyl adjacent to an activating group) is 1. The summed E-state index contributed by atoms with van der Waals surface area (Å²) in [5, 5.41) is 27.1. The van der Waals surface area contributed by atoms with Crippen molar-refractivity contribution >= 4 is 22.9 Å². The summed E-state index contributed by atoms with van der Waals surface area (Å²) in [6.45, 7) is 0.499. The lowest BCUT2D eigenvalue weighted by molar-refractivity contribution is -0.137. The van der Waals surface area contributed by atoms with E-state index in [1.807, 2.05) is 66.7 Å². The number of pyridine rings is 1. The van der Waals surface area contributed by atoms with Crippen LogP contribution in [-0.4, -0.2) is 66.0 Å². The fraction of sp³-hybridized carbons (Fsp3) is 0.207. The zero-order valence-electron chi connectivity index (χ0n) is 21.5. The normalized spacial score (nSPS) is 20.5. The molecule has 1 saturated heterocycles. The summed E-state index contributed by atoms with van der Waals surface area (Å²) < 4.78 is 7.32. The number of fused-ring (bicyclic) bond motifs is 1. The minimum atomic E-state index is -1.42. The van der Waals surface area contributed by atoms with E-state index in [4.69, 9.17) is 14.7 Å². The van der Waals surface area contributed by atoms with E-state index in [1.165, 1.54) is 17.9 Å². The number of nitrogens with zero attached hydrogens (tertiary/aromatic N) is 5. The number of hydrogen-bond acceptors (Lipinski definition) is 9. The van der Waals surface area contributed by atoms with E-state index in [0.717, 1.165) is 22.3 Å². The molecule has 0 radical (unpaired) electrons. The molecule has 1 fully saturated rings. The molecule has 11 nitrogen and oxygen atoms in total. The Morgan fingerprint density at radius 2 is 1.73 bits per heavy atom. The van der Waals surface area contributed by atoms with Gasteiger partial charge >= 0.3 is 0 Å². The Morgan fingerprint density at radius 3 is 2.45 bits per heavy atom. The zero-order chi connectivity index (χ0) is 27.6. The maximum absolute atomic E-state index is 12.2. The van der Waals surface area contributed by atoms with Crippen LogP contribution in [0, 0.1) is 0 Å². The lowest BCUT2D eigenvalue weighted by Gasteiger charge is -2.17. The molecule has 1 aliphatic heterocycles. The highest BCUT2D eigenvalue weighted by molar-refractivity contribution is 5.86. The average molecular weight is 538 g/mol. The van der Waals surface area contributed by atoms with Crippen molar-refractivity contribution in [1.82, 2.24) is 29.8 Å². The molecule has 2 aromatic carbocycles. The van der Waals surface area contributed by atoms with Crippen molar-refractivity contribution in [3.05, 3.63) is 91.0 Å². The molecule has 4 atom stereocenters. The average Bonchev–Trinajstić information content (AvgIpc) is 3.56. The highest BCUT2D eigenvalue weighted by Crippen LogP contribution is 2.34. The molecular formula is C29H27N7O4. The van der Waals surface area contributed by atoms with Gasteiger partial charge < -0.3 is 25.6 Å². The second kappa shape index (κ2) is 10.8. The van der Waals surface area contributed by atoms with Crippen molar-refractivity contribution in [2.75, 3.05) is 12.4 Å². The van der Waals surface area contributed by atoms with Crippen LogP contribution in [-0.2, 0) is 16.1 Å². The molecule has 5 aromatic rings. The molecule has 11 heteroatoms. The first-order valence-corrected chi connectivity index (χ1v) is 12.8. The number of carbonyl (C=O) groups excluding carboxylic acids is 1. The SMILES string of the molecule is CNC(=O)C1OC(n2cnc3c(NCc4ccccc4)nc(-c4ccc(-c5cccnc5)cc4)nc32)C(O)C1O. The van der Waals surface area contributed by atoms with Gasteiger partial charge in [0.2, 0.25) is 0 Å². The van der Waals surface area contributed by atoms with Crippen molar-refractivity contribution in [3.8, 4) is 22.5 Å². The van der Waals surface area contributed by atoms with Gasteiger partial charge in [-0.05, 0) is 22.8 Å². The van der Waals surface area contributed by atoms with Crippen molar-refractivity contribution < 1.29 is 19.7 Å². The fourth-order valence-electron chi connectivity index (χ4n) is 4.73. The topological polar surface area (TPSA) is 147 Å². The number of imidazole rings is 1. The second-order valence-electron chi connectivity index (χ2n) is 9.42. The second-order valence-corrected chi connectivity index (χ2v) is 9.42. The quantitative estimate of drug-likeness (QED) is 0.246. The minimum absolute atomic E-state index is 0.380. The summed E-state index contributed by atoms with van der Waals surface area (Å²) in [5.74, 6) is 0.390. The monoisotopic (exact) mass is 537 g/mol. The number of benzene rings is 2. The Kier molecular flexibility index (Phi) is 6.91. The van der Waals surface area contributed by atoms with Gasteiger partial charge in [-0.2, -0.15) is 0 Å². The molecule has 0 spiro atoms. The predicted octanol–water partition coefficient (Wildman–Crippen LogP) is 2.53. The van der Waals surface area contributed by atoms with Crippen LogP contribution in [0.2, 0.25) is 0 Å². The Balaban J connectivity index is 1.41. The number of amides is 1. The molecule has 0 bridgehead atoms. The molecule has 4 unspecified atom stereocenters. The van der Waals surface area contributed by atoms with E-state index in [0.29, 0.717) is 29.4 Å². The summed E-state index contributed by atoms with van der Waals surface area (Å²) in [6.07, 6.45) is -0.115. The molecule has 1 aliphatic rings. The smallest absolute Gasteiger partial charge is 0.251 e. The van der Waals surface area contributed by atoms with Crippen LogP contribution in [0.5, 0.6) is 0 Å². The highest BCUT2D eigenvalue weighted by Gasteiger charge is 2.47. The van der Waals surface area contributed by atoms with Gasteiger partial charge in [-0.3, -0.25) is 14.3 Å². The van der Waals surface area contributed by atoms with Crippen LogP contribution in [0.15, 0.2) is 85.5 Å². The van der Waals surface area contributed by atoms with E-state index < -0.39 is 30.4 Å². The van der Waals surface area contributed by atoms with Crippen LogP contribution >= 0.6 is 0 Å². The van der Waals surface area contributed by atoms with E-state index in [9.17, 15) is 15.0 Å². The predicted molar refractivity (Wildman–Crippen MR) is 148 cm³/mol. The van der Waals surface area contributed by atoms with Gasteiger partial charge in [-0.15, -0.1) is 0 Å². The van der Waals surface area contributed by atoms with E-state index in [1.54, 1.807) is 12.4 Å². The van der Waals surface area contributed by atoms with Gasteiger partial charge in [0.25, 0.3) is 5.91 Å². The third-order valence-corrected chi connectivity index (χ3v) is 6.88. The van der Waals surface area contributed by atoms with Gasteiger partial charge in [-0.1, -0.05) is 60.7 Å². The van der Waals surface area contributed by atoms with Gasteiger partial charge in [0.15, 0.2) is 35.1 Å². The standard InChI is InChI=1S/C29H27N7O4/c1-30-28(39)24-22(37)23(38)29(40-24)36-16-33-21-26(32-14-17-6-3-2-4-7-17)34-25(35-27(21)36)19-11-9-18(10-12-19)20-8-5-13-31-15-20/h2-13,15-16,22-24,29,37-38H,14H2,1H3,(H,30,39)(H,32,34,35). The summed E-state index contributed by atoms with van der Waals surface area (Å²) >= 11 is 0. The maximum Gasteiger partial charge on any atom is 0.251 e. The number of anilines is 1. The molecule has 4 heterocycles. The Hall–Kier alpha value is -4.71. The summed E-state index contributed by atoms with van der Waals surface area (Å²) in [4.78, 5) is 30.5. The molecule has 40 heavy (non-hydrogen) atoms. The molecule has 4 N–H and O–H groups in total. The van der Waals surface area contributed by atoms with Crippen molar-refractivity contribution in [2.24, 2.45) is 0 Å². The highest BCUT2D eigenvalue weighted by atomic mass is 16.6. The molecule has 3 aromatic heterocycles. The van der Waals surface area contributed by atoms with Crippen LogP contribution in [0.25, 0.3) is 33.7 Å². The van der Waals surface area contributed by atoms with Gasteiger partial charge in [-0.25, -0.2) is 15.0 Å². The van der Waals surface area contributed by atoms with Crippen molar-refractivity contribution in [3.63, 3.8) is 0 Å². The molecule has 6 rings (SSSR count). The third kappa shape index (κ3) is 4.77. The summed E-state index contributed by atoms with van der Waals surface area (Å²) in [5.41, 5.74) is 4.65. The number of hydrogen-bond donors (Lipinski definition) is 4. The molecular weight excluding hydrogens is 510 g/mol. The summed E-state index contributed by atoms with van der Waals surface area (Å²) in [7, 11) is 1.44. The number of nitrogens with one attached hydrogen (secondary N) is 2. The van der Waals surface area contributed by atoms with Crippen molar-refractivity contribution in [2.45, 2.75) is 31.1 Å². The molecule has 202 valence electrons. The fourth-order valence-corrected chi connectivity index (χ4v) is 4.73. The lowest BCUT2D eigenvalue weighted by Crippen LogP contribution is -2.41. The minimum Gasteiger partial charge on any atom is -0.387 e. The van der Waals surface area contributed by atoms with Crippen LogP contribution in [0.1, 0.15) is 11.8 Å². The molecule has 0 saturated carbocycles. The first-order valence-electron chi connectivity index (χ1n) is 12.8. The number of carbonyl (C=O) groups is 1. The Bertz CT molecular complexity index is 1630. The molecule has 0 aliphatic carbocycles. The first kappa shape index (κ1) is 25.6. The van der Waals surface area contributed by atoms with Crippen molar-refractivity contribution in [1.29, 1.82) is 0 Å². The number of ether oxygens (including phenoxy) is 1. The summed E-state index contributed by atoms with van der Waals surface area (Å²) in [6, 6.07) is 21.6. The van der Waals surface area contributed by atoms with E-state index >= 15 is 0 Å². The number of rotatable bonds is 7. The number of aliphatic hydroxyl groups is 2. The molecule has 1 amide bonds. The Morgan fingerprint density at radius 1 is 0.950 bits per heavy atom. The largest absolute Gasteiger partial charge is 0.387 e. The number of aliphatic hydroxyl groups excluding tert-OH is 2. The lowest BCUT2D eigenvalue weighted by atomic mass is 10.1. The van der Waals surface area contributed by atoms with Gasteiger partial charge in [0, 0.05) is 31.5 Å². The van der Waals surface area contributed by atoms with E-state index in [2.05, 4.69) is 20.6 Å². The zero-order valence-corrected chi connectivity index (χ0v) is 21.5. The van der Waals surface area contributed by atoms with Crippen LogP contribution < -0.4 is 10.6 Å². The van der Waals surface area contributed by atoms with Gasteiger partial charge in [0.1, 0.15) is 12.2 Å². The Labute approximate surface area is 229 Å². The first-order chi connectivity index (χ1) is 19.5. The third-order valence-electron chi connectivity index (χ3n) is 6.88. The maximum atomic E-state index is 12.2. The van der Waals surface area contributed by atoms with Gasteiger partial charge in [0.05, 0.1) is 6.33 Å².